The van der Waals surface area contributed by atoms with Crippen molar-refractivity contribution in [2.24, 2.45) is 0 Å². The van der Waals surface area contributed by atoms with E-state index < -0.39 is 12.6 Å². The molecule has 0 aliphatic rings. The van der Waals surface area contributed by atoms with Crippen molar-refractivity contribution in [3.8, 4) is 0 Å². The molecule has 3 aromatic rings. The van der Waals surface area contributed by atoms with Gasteiger partial charge in [0.1, 0.15) is 18.8 Å². The highest BCUT2D eigenvalue weighted by Crippen LogP contribution is 2.21. The highest BCUT2D eigenvalue weighted by Gasteiger charge is 2.15. The maximum atomic E-state index is 12.3. The van der Waals surface area contributed by atoms with Gasteiger partial charge in [-0.25, -0.2) is 19.2 Å². The number of carbonyl (C=O) groups is 1. The summed E-state index contributed by atoms with van der Waals surface area (Å²) in [5.74, 6) is -0.553. The Morgan fingerprint density at radius 3 is 2.81 bits per heavy atom. The van der Waals surface area contributed by atoms with Crippen LogP contribution in [0.5, 0.6) is 0 Å². The van der Waals surface area contributed by atoms with Crippen molar-refractivity contribution in [1.82, 2.24) is 19.5 Å². The molecule has 0 spiro atoms. The summed E-state index contributed by atoms with van der Waals surface area (Å²) in [6.45, 7) is -0.699. The molecule has 0 aliphatic heterocycles. The predicted molar refractivity (Wildman–Crippen MR) is 95.8 cm³/mol. The number of alkyl halides is 1. The second kappa shape index (κ2) is 8.00. The highest BCUT2D eigenvalue weighted by atomic mass is 32.2. The van der Waals surface area contributed by atoms with Crippen molar-refractivity contribution in [3.63, 3.8) is 0 Å². The van der Waals surface area contributed by atoms with E-state index in [-0.39, 0.29) is 29.0 Å². The van der Waals surface area contributed by atoms with Gasteiger partial charge in [-0.05, 0) is 5.56 Å². The number of H-pyrrole nitrogens is 1. The van der Waals surface area contributed by atoms with Gasteiger partial charge in [-0.1, -0.05) is 42.1 Å². The number of thioether (sulfide) groups is 1. The lowest BCUT2D eigenvalue weighted by molar-refractivity contribution is -0.140. The number of imidazole rings is 1. The largest absolute Gasteiger partial charge is 0.462 e. The fraction of sp³-hybridized carbons (Fsp3) is 0.250. The zero-order valence-electron chi connectivity index (χ0n) is 13.6. The second-order valence-corrected chi connectivity index (χ2v) is 6.23. The molecule has 0 bridgehead atoms. The molecular weight excluding hydrogens is 361 g/mol. The molecule has 10 heteroatoms. The van der Waals surface area contributed by atoms with Crippen LogP contribution in [0.2, 0.25) is 0 Å². The van der Waals surface area contributed by atoms with E-state index in [1.807, 2.05) is 30.3 Å². The van der Waals surface area contributed by atoms with E-state index in [0.717, 1.165) is 17.3 Å². The van der Waals surface area contributed by atoms with E-state index in [4.69, 9.17) is 5.73 Å². The van der Waals surface area contributed by atoms with Crippen LogP contribution in [-0.4, -0.2) is 44.5 Å². The first-order valence-corrected chi connectivity index (χ1v) is 8.71. The van der Waals surface area contributed by atoms with E-state index in [0.29, 0.717) is 17.7 Å². The Morgan fingerprint density at radius 1 is 1.31 bits per heavy atom. The molecule has 2 heterocycles. The van der Waals surface area contributed by atoms with Crippen molar-refractivity contribution in [2.45, 2.75) is 11.7 Å². The molecule has 26 heavy (non-hydrogen) atoms. The lowest BCUT2D eigenvalue weighted by Crippen LogP contribution is -2.17. The van der Waals surface area contributed by atoms with Gasteiger partial charge in [0.15, 0.2) is 16.6 Å². The molecule has 0 atom stereocenters. The molecule has 0 amide bonds. The third kappa shape index (κ3) is 4.02. The number of nitrogen functional groups attached to an aromatic ring is 1. The minimum Gasteiger partial charge on any atom is -0.462 e. The van der Waals surface area contributed by atoms with Gasteiger partial charge in [-0.2, -0.15) is 0 Å². The molecule has 0 unspecified atom stereocenters. The van der Waals surface area contributed by atoms with Crippen LogP contribution in [0.3, 0.4) is 0 Å². The average molecular weight is 377 g/mol. The number of aromatic nitrogens is 4. The number of nitrogens with two attached hydrogens (primary N) is 1. The van der Waals surface area contributed by atoms with Gasteiger partial charge in [0.25, 0.3) is 0 Å². The molecule has 0 saturated carbocycles. The molecule has 0 fully saturated rings. The predicted octanol–water partition coefficient (Wildman–Crippen LogP) is 1.35. The van der Waals surface area contributed by atoms with Crippen molar-refractivity contribution >= 4 is 34.7 Å². The maximum absolute atomic E-state index is 12.3. The van der Waals surface area contributed by atoms with Crippen LogP contribution in [0.25, 0.3) is 11.2 Å². The number of ether oxygens (including phenoxy) is 1. The summed E-state index contributed by atoms with van der Waals surface area (Å²) >= 11 is 1.00. The van der Waals surface area contributed by atoms with Crippen LogP contribution in [0, 0.1) is 0 Å². The normalized spacial score (nSPS) is 11.0. The van der Waals surface area contributed by atoms with E-state index >= 15 is 0 Å². The number of nitrogens with one attached hydrogen (secondary N) is 1. The standard InChI is InChI=1S/C16H16FN5O3S/c17-6-7-25-11(23)9-26-15-20-13(18)12-14(21-15)22(16(24)19-12)8-10-4-2-1-3-5-10/h1-5H,6-9H2,(H,19,24)(H2,18,20,21). The molecular formula is C16H16FN5O3S. The smallest absolute Gasteiger partial charge is 0.328 e. The molecule has 8 nitrogen and oxygen atoms in total. The first-order valence-electron chi connectivity index (χ1n) is 7.73. The van der Waals surface area contributed by atoms with E-state index in [1.165, 1.54) is 4.57 Å². The van der Waals surface area contributed by atoms with Crippen molar-refractivity contribution in [1.29, 1.82) is 0 Å². The average Bonchev–Trinajstić information content (AvgIpc) is 2.95. The highest BCUT2D eigenvalue weighted by molar-refractivity contribution is 7.99. The zero-order chi connectivity index (χ0) is 18.5. The number of hydrogen-bond acceptors (Lipinski definition) is 7. The Labute approximate surface area is 151 Å². The van der Waals surface area contributed by atoms with E-state index in [9.17, 15) is 14.0 Å². The van der Waals surface area contributed by atoms with Crippen LogP contribution in [0.1, 0.15) is 5.56 Å². The number of aromatic amines is 1. The molecule has 0 radical (unpaired) electrons. The van der Waals surface area contributed by atoms with Gasteiger partial charge in [-0.15, -0.1) is 0 Å². The first-order chi connectivity index (χ1) is 12.6. The molecule has 0 aliphatic carbocycles. The number of hydrogen-bond donors (Lipinski definition) is 2. The first kappa shape index (κ1) is 17.9. The summed E-state index contributed by atoms with van der Waals surface area (Å²) in [7, 11) is 0. The third-order valence-corrected chi connectivity index (χ3v) is 4.29. The summed E-state index contributed by atoms with van der Waals surface area (Å²) < 4.78 is 18.1. The van der Waals surface area contributed by atoms with Gasteiger partial charge in [0, 0.05) is 0 Å². The number of fused-ring (bicyclic) bond motifs is 1. The molecule has 3 N–H and O–H groups in total. The topological polar surface area (TPSA) is 116 Å². The number of esters is 1. The summed E-state index contributed by atoms with van der Waals surface area (Å²) in [4.78, 5) is 34.8. The third-order valence-electron chi connectivity index (χ3n) is 3.47. The minimum atomic E-state index is -0.735. The van der Waals surface area contributed by atoms with Crippen LogP contribution in [0.15, 0.2) is 40.3 Å². The summed E-state index contributed by atoms with van der Waals surface area (Å²) in [5, 5.41) is 0.230. The van der Waals surface area contributed by atoms with Crippen molar-refractivity contribution in [3.05, 3.63) is 46.4 Å². The maximum Gasteiger partial charge on any atom is 0.328 e. The lowest BCUT2D eigenvalue weighted by Gasteiger charge is -2.06. The van der Waals surface area contributed by atoms with Crippen molar-refractivity contribution in [2.75, 3.05) is 24.8 Å². The Kier molecular flexibility index (Phi) is 5.52. The fourth-order valence-corrected chi connectivity index (χ4v) is 2.97. The number of benzene rings is 1. The number of nitrogens with zero attached hydrogens (tertiary/aromatic N) is 3. The van der Waals surface area contributed by atoms with E-state index in [1.54, 1.807) is 0 Å². The molecule has 136 valence electrons. The number of halogens is 1. The second-order valence-electron chi connectivity index (χ2n) is 5.29. The number of carbonyl (C=O) groups excluding carboxylic acids is 1. The summed E-state index contributed by atoms with van der Waals surface area (Å²) in [6, 6.07) is 9.43. The Morgan fingerprint density at radius 2 is 2.08 bits per heavy atom. The van der Waals surface area contributed by atoms with Gasteiger partial charge in [-0.3, -0.25) is 9.36 Å². The van der Waals surface area contributed by atoms with Gasteiger partial charge in [0.2, 0.25) is 0 Å². The monoisotopic (exact) mass is 377 g/mol. The molecule has 0 saturated heterocycles. The van der Waals surface area contributed by atoms with Crippen LogP contribution >= 0.6 is 11.8 Å². The van der Waals surface area contributed by atoms with Gasteiger partial charge >= 0.3 is 11.7 Å². The number of anilines is 1. The SMILES string of the molecule is Nc1nc(SCC(=O)OCCF)nc2c1[nH]c(=O)n2Cc1ccccc1. The van der Waals surface area contributed by atoms with Crippen molar-refractivity contribution < 1.29 is 13.9 Å². The van der Waals surface area contributed by atoms with Crippen LogP contribution in [-0.2, 0) is 16.1 Å². The van der Waals surface area contributed by atoms with Crippen LogP contribution in [0.4, 0.5) is 10.2 Å². The Hall–Kier alpha value is -2.88. The fourth-order valence-electron chi connectivity index (χ4n) is 2.33. The minimum absolute atomic E-state index is 0.0850. The molecule has 3 rings (SSSR count). The lowest BCUT2D eigenvalue weighted by atomic mass is 10.2. The number of rotatable bonds is 7. The van der Waals surface area contributed by atoms with Gasteiger partial charge in [0.05, 0.1) is 12.3 Å². The van der Waals surface area contributed by atoms with Gasteiger partial charge < -0.3 is 15.5 Å². The summed E-state index contributed by atoms with van der Waals surface area (Å²) in [5.41, 5.74) is 7.18. The Balaban J connectivity index is 1.87. The Bertz CT molecular complexity index is 973. The molecule has 1 aromatic carbocycles. The summed E-state index contributed by atoms with van der Waals surface area (Å²) in [6.07, 6.45) is 0. The van der Waals surface area contributed by atoms with E-state index in [2.05, 4.69) is 19.7 Å². The van der Waals surface area contributed by atoms with Crippen LogP contribution < -0.4 is 11.4 Å². The molecule has 2 aromatic heterocycles. The zero-order valence-corrected chi connectivity index (χ0v) is 14.5. The quantitative estimate of drug-likeness (QED) is 0.363.